The Morgan fingerprint density at radius 3 is 3.18 bits per heavy atom. The molecule has 92 valence electrons. The molecule has 1 aliphatic rings. The van der Waals surface area contributed by atoms with Crippen molar-refractivity contribution in [2.45, 2.75) is 12.0 Å². The molecule has 7 nitrogen and oxygen atoms in total. The molecule has 0 radical (unpaired) electrons. The van der Waals surface area contributed by atoms with Crippen molar-refractivity contribution in [1.29, 1.82) is 0 Å². The molecule has 1 fully saturated rings. The lowest BCUT2D eigenvalue weighted by molar-refractivity contribution is -0.388. The third-order valence-corrected chi connectivity index (χ3v) is 2.65. The molecular formula is C10H13N3O4. The average Bonchev–Trinajstić information content (AvgIpc) is 2.74. The fourth-order valence-corrected chi connectivity index (χ4v) is 1.68. The number of pyridine rings is 1. The lowest BCUT2D eigenvalue weighted by Gasteiger charge is -2.20. The van der Waals surface area contributed by atoms with Crippen LogP contribution in [0.1, 0.15) is 6.42 Å². The van der Waals surface area contributed by atoms with E-state index in [0.717, 1.165) is 0 Å². The number of nitrogens with one attached hydrogen (secondary N) is 1. The minimum absolute atomic E-state index is 0.208. The molecule has 1 aliphatic heterocycles. The number of anilines is 1. The summed E-state index contributed by atoms with van der Waals surface area (Å²) >= 11 is 0. The Bertz CT molecular complexity index is 418. The van der Waals surface area contributed by atoms with Crippen LogP contribution in [0.2, 0.25) is 0 Å². The summed E-state index contributed by atoms with van der Waals surface area (Å²) in [5, 5.41) is 23.6. The van der Waals surface area contributed by atoms with Gasteiger partial charge in [-0.2, -0.15) is 0 Å². The fourth-order valence-electron chi connectivity index (χ4n) is 1.68. The van der Waals surface area contributed by atoms with Crippen LogP contribution >= 0.6 is 0 Å². The van der Waals surface area contributed by atoms with Gasteiger partial charge in [-0.3, -0.25) is 0 Å². The van der Waals surface area contributed by atoms with Gasteiger partial charge in [0.25, 0.3) is 0 Å². The molecule has 1 aromatic rings. The molecule has 1 aromatic heterocycles. The van der Waals surface area contributed by atoms with Gasteiger partial charge in [0.15, 0.2) is 0 Å². The number of hydrogen-bond acceptors (Lipinski definition) is 6. The molecule has 0 aromatic carbocycles. The Morgan fingerprint density at radius 2 is 2.53 bits per heavy atom. The maximum Gasteiger partial charge on any atom is 0.386 e. The fraction of sp³-hybridized carbons (Fsp3) is 0.500. The van der Waals surface area contributed by atoms with Crippen molar-refractivity contribution in [2.75, 3.05) is 25.1 Å². The van der Waals surface area contributed by atoms with Crippen LogP contribution in [-0.4, -0.2) is 40.4 Å². The molecule has 0 aliphatic carbocycles. The van der Waals surface area contributed by atoms with Crippen LogP contribution in [0, 0.1) is 10.1 Å². The van der Waals surface area contributed by atoms with Crippen LogP contribution < -0.4 is 5.32 Å². The highest BCUT2D eigenvalue weighted by molar-refractivity contribution is 5.56. The second kappa shape index (κ2) is 4.64. The summed E-state index contributed by atoms with van der Waals surface area (Å²) in [6, 6.07) is 3.16. The van der Waals surface area contributed by atoms with Crippen molar-refractivity contribution < 1.29 is 14.8 Å². The van der Waals surface area contributed by atoms with E-state index in [0.29, 0.717) is 18.7 Å². The minimum atomic E-state index is -0.955. The van der Waals surface area contributed by atoms with Gasteiger partial charge in [0.1, 0.15) is 17.5 Å². The van der Waals surface area contributed by atoms with E-state index in [-0.39, 0.29) is 19.0 Å². The first-order valence-corrected chi connectivity index (χ1v) is 5.24. The smallest absolute Gasteiger partial charge is 0.386 e. The van der Waals surface area contributed by atoms with Gasteiger partial charge < -0.3 is 25.3 Å². The summed E-state index contributed by atoms with van der Waals surface area (Å²) in [6.45, 7) is 0.959. The third kappa shape index (κ3) is 2.69. The summed E-state index contributed by atoms with van der Waals surface area (Å²) in [4.78, 5) is 13.8. The van der Waals surface area contributed by atoms with Crippen LogP contribution in [0.4, 0.5) is 11.5 Å². The van der Waals surface area contributed by atoms with Crippen LogP contribution in [0.25, 0.3) is 0 Å². The van der Waals surface area contributed by atoms with Gasteiger partial charge in [-0.05, 0) is 22.0 Å². The van der Waals surface area contributed by atoms with Gasteiger partial charge in [0.05, 0.1) is 6.61 Å². The summed E-state index contributed by atoms with van der Waals surface area (Å²) in [5.74, 6) is -0.241. The highest BCUT2D eigenvalue weighted by Crippen LogP contribution is 2.23. The van der Waals surface area contributed by atoms with Crippen molar-refractivity contribution in [3.8, 4) is 0 Å². The zero-order valence-electron chi connectivity index (χ0n) is 9.13. The standard InChI is InChI=1S/C10H13N3O4/c14-10(3-5-17-7-10)6-12-8-2-1-4-11-9(8)13(15)16/h1-2,4,12,14H,3,5-7H2. The lowest BCUT2D eigenvalue weighted by Crippen LogP contribution is -2.37. The SMILES string of the molecule is O=[N+]([O-])c1ncccc1NCC1(O)CCOC1. The number of aromatic nitrogens is 1. The van der Waals surface area contributed by atoms with E-state index in [1.54, 1.807) is 12.1 Å². The maximum atomic E-state index is 10.7. The summed E-state index contributed by atoms with van der Waals surface area (Å²) < 4.78 is 5.09. The molecule has 0 amide bonds. The number of hydrogen-bond donors (Lipinski definition) is 2. The molecule has 17 heavy (non-hydrogen) atoms. The normalized spacial score (nSPS) is 23.6. The number of rotatable bonds is 4. The highest BCUT2D eigenvalue weighted by atomic mass is 16.6. The van der Waals surface area contributed by atoms with Gasteiger partial charge in [-0.25, -0.2) is 0 Å². The highest BCUT2D eigenvalue weighted by Gasteiger charge is 2.32. The van der Waals surface area contributed by atoms with Gasteiger partial charge in [0.2, 0.25) is 0 Å². The van der Waals surface area contributed by atoms with Crippen LogP contribution in [0.15, 0.2) is 18.3 Å². The van der Waals surface area contributed by atoms with E-state index in [1.165, 1.54) is 6.20 Å². The molecule has 2 heterocycles. The monoisotopic (exact) mass is 239 g/mol. The molecule has 2 rings (SSSR count). The zero-order valence-corrected chi connectivity index (χ0v) is 9.13. The molecule has 2 N–H and O–H groups in total. The summed E-state index contributed by atoms with van der Waals surface area (Å²) in [6.07, 6.45) is 1.88. The Morgan fingerprint density at radius 1 is 1.71 bits per heavy atom. The first kappa shape index (κ1) is 11.7. The Balaban J connectivity index is 2.06. The van der Waals surface area contributed by atoms with E-state index in [4.69, 9.17) is 4.74 Å². The van der Waals surface area contributed by atoms with E-state index < -0.39 is 10.5 Å². The lowest BCUT2D eigenvalue weighted by atomic mass is 10.0. The van der Waals surface area contributed by atoms with Crippen LogP contribution in [0.3, 0.4) is 0 Å². The summed E-state index contributed by atoms with van der Waals surface area (Å²) in [5.41, 5.74) is -0.651. The molecule has 7 heteroatoms. The van der Waals surface area contributed by atoms with Gasteiger partial charge >= 0.3 is 5.82 Å². The third-order valence-electron chi connectivity index (χ3n) is 2.65. The minimum Gasteiger partial charge on any atom is -0.386 e. The predicted octanol–water partition coefficient (Wildman–Crippen LogP) is 0.553. The molecule has 1 unspecified atom stereocenters. The molecule has 0 saturated carbocycles. The number of nitro groups is 1. The van der Waals surface area contributed by atoms with E-state index in [9.17, 15) is 15.2 Å². The quantitative estimate of drug-likeness (QED) is 0.588. The maximum absolute atomic E-state index is 10.7. The number of ether oxygens (including phenoxy) is 1. The second-order valence-corrected chi connectivity index (χ2v) is 4.01. The van der Waals surface area contributed by atoms with Crippen molar-refractivity contribution in [2.24, 2.45) is 0 Å². The van der Waals surface area contributed by atoms with Crippen molar-refractivity contribution >= 4 is 11.5 Å². The predicted molar refractivity (Wildman–Crippen MR) is 59.8 cm³/mol. The first-order valence-electron chi connectivity index (χ1n) is 5.24. The first-order chi connectivity index (χ1) is 8.11. The zero-order chi connectivity index (χ0) is 12.3. The topological polar surface area (TPSA) is 97.5 Å². The van der Waals surface area contributed by atoms with E-state index in [1.807, 2.05) is 0 Å². The average molecular weight is 239 g/mol. The van der Waals surface area contributed by atoms with Gasteiger partial charge in [0, 0.05) is 19.6 Å². The molecule has 0 bridgehead atoms. The van der Waals surface area contributed by atoms with E-state index in [2.05, 4.69) is 10.3 Å². The molecule has 0 spiro atoms. The molecular weight excluding hydrogens is 226 g/mol. The van der Waals surface area contributed by atoms with Crippen molar-refractivity contribution in [1.82, 2.24) is 4.98 Å². The van der Waals surface area contributed by atoms with Crippen LogP contribution in [-0.2, 0) is 4.74 Å². The van der Waals surface area contributed by atoms with Gasteiger partial charge in [-0.15, -0.1) is 0 Å². The van der Waals surface area contributed by atoms with Crippen molar-refractivity contribution in [3.63, 3.8) is 0 Å². The second-order valence-electron chi connectivity index (χ2n) is 4.01. The number of aliphatic hydroxyl groups is 1. The van der Waals surface area contributed by atoms with E-state index >= 15 is 0 Å². The van der Waals surface area contributed by atoms with Gasteiger partial charge in [-0.1, -0.05) is 0 Å². The number of nitrogens with zero attached hydrogens (tertiary/aromatic N) is 2. The largest absolute Gasteiger partial charge is 0.386 e. The Labute approximate surface area is 97.6 Å². The molecule has 1 saturated heterocycles. The Hall–Kier alpha value is -1.73. The van der Waals surface area contributed by atoms with Crippen molar-refractivity contribution in [3.05, 3.63) is 28.4 Å². The molecule has 1 atom stereocenters. The van der Waals surface area contributed by atoms with Crippen LogP contribution in [0.5, 0.6) is 0 Å². The summed E-state index contributed by atoms with van der Waals surface area (Å²) in [7, 11) is 0. The Kier molecular flexibility index (Phi) is 3.21.